The molecule has 4 heteroatoms. The van der Waals surface area contributed by atoms with Crippen LogP contribution in [0.1, 0.15) is 63.5 Å². The van der Waals surface area contributed by atoms with Crippen LogP contribution in [-0.2, 0) is 24.0 Å². The number of likely N-dealkylation sites (N-methyl/N-ethyl adjacent to an activating group) is 1. The van der Waals surface area contributed by atoms with Crippen LogP contribution in [0, 0.1) is 5.92 Å². The minimum atomic E-state index is -0.0246. The molecule has 1 heterocycles. The largest absolute Gasteiger partial charge is 0.373 e. The van der Waals surface area contributed by atoms with E-state index in [0.29, 0.717) is 5.92 Å². The molecule has 0 fully saturated rings. The normalized spacial score (nSPS) is 12.9. The van der Waals surface area contributed by atoms with Crippen LogP contribution < -0.4 is 5.32 Å². The Morgan fingerprint density at radius 2 is 1.62 bits per heavy atom. The van der Waals surface area contributed by atoms with Gasteiger partial charge in [0, 0.05) is 18.5 Å². The van der Waals surface area contributed by atoms with E-state index >= 15 is 0 Å². The minimum absolute atomic E-state index is 0.0246. The van der Waals surface area contributed by atoms with Crippen molar-refractivity contribution in [1.82, 2.24) is 15.3 Å². The zero-order valence-electron chi connectivity index (χ0n) is 14.5. The molecule has 0 spiro atoms. The van der Waals surface area contributed by atoms with E-state index in [1.807, 2.05) is 0 Å². The molecule has 1 aromatic rings. The van der Waals surface area contributed by atoms with Gasteiger partial charge >= 0.3 is 0 Å². The molecule has 0 aliphatic carbocycles. The quantitative estimate of drug-likeness (QED) is 0.711. The summed E-state index contributed by atoms with van der Waals surface area (Å²) in [6.07, 6.45) is 2.86. The first-order chi connectivity index (χ1) is 10.1. The van der Waals surface area contributed by atoms with E-state index in [4.69, 9.17) is 14.7 Å². The molecule has 0 amide bonds. The second kappa shape index (κ2) is 9.11. The summed E-state index contributed by atoms with van der Waals surface area (Å²) < 4.78 is 5.60. The smallest absolute Gasteiger partial charge is 0.157 e. The predicted molar refractivity (Wildman–Crippen MR) is 87.6 cm³/mol. The molecule has 0 aromatic carbocycles. The van der Waals surface area contributed by atoms with E-state index < -0.39 is 0 Å². The number of aromatic nitrogens is 2. The van der Waals surface area contributed by atoms with Crippen molar-refractivity contribution in [2.45, 2.75) is 60.0 Å². The summed E-state index contributed by atoms with van der Waals surface area (Å²) in [5.41, 5.74) is 3.68. The topological polar surface area (TPSA) is 47.0 Å². The highest BCUT2D eigenvalue weighted by Gasteiger charge is 2.21. The van der Waals surface area contributed by atoms with Crippen LogP contribution in [0.2, 0.25) is 0 Å². The maximum atomic E-state index is 5.60. The van der Waals surface area contributed by atoms with Gasteiger partial charge in [-0.05, 0) is 43.8 Å². The van der Waals surface area contributed by atoms with Gasteiger partial charge in [-0.25, -0.2) is 9.97 Å². The summed E-state index contributed by atoms with van der Waals surface area (Å²) >= 11 is 0. The zero-order chi connectivity index (χ0) is 15.8. The Hall–Kier alpha value is -1.00. The van der Waals surface area contributed by atoms with E-state index in [2.05, 4.69) is 39.9 Å². The molecular weight excluding hydrogens is 262 g/mol. The molecule has 4 nitrogen and oxygen atoms in total. The molecule has 0 bridgehead atoms. The molecule has 1 unspecified atom stereocenters. The first-order valence-corrected chi connectivity index (χ1v) is 8.20. The summed E-state index contributed by atoms with van der Waals surface area (Å²) in [7, 11) is 1.74. The van der Waals surface area contributed by atoms with Crippen molar-refractivity contribution < 1.29 is 4.74 Å². The molecule has 0 radical (unpaired) electrons. The number of nitrogens with zero attached hydrogens (tertiary/aromatic N) is 2. The molecule has 0 saturated carbocycles. The minimum Gasteiger partial charge on any atom is -0.373 e. The number of hydrogen-bond donors (Lipinski definition) is 1. The van der Waals surface area contributed by atoms with Crippen molar-refractivity contribution in [1.29, 1.82) is 0 Å². The third-order valence-electron chi connectivity index (χ3n) is 3.78. The second-order valence-electron chi connectivity index (χ2n) is 5.66. The van der Waals surface area contributed by atoms with Gasteiger partial charge in [0.15, 0.2) is 5.82 Å². The van der Waals surface area contributed by atoms with Gasteiger partial charge in [-0.2, -0.15) is 0 Å². The average molecular weight is 293 g/mol. The SMILES string of the molecule is CCNCCc1c(CC)nc(C(OC)C(C)C)nc1CC. The maximum Gasteiger partial charge on any atom is 0.157 e. The summed E-state index contributed by atoms with van der Waals surface area (Å²) in [5, 5.41) is 3.39. The van der Waals surface area contributed by atoms with Gasteiger partial charge in [0.25, 0.3) is 0 Å². The van der Waals surface area contributed by atoms with Gasteiger partial charge in [0.2, 0.25) is 0 Å². The van der Waals surface area contributed by atoms with E-state index in [0.717, 1.165) is 38.2 Å². The monoisotopic (exact) mass is 293 g/mol. The molecule has 0 saturated heterocycles. The molecule has 1 atom stereocenters. The third-order valence-corrected chi connectivity index (χ3v) is 3.78. The molecular formula is C17H31N3O. The van der Waals surface area contributed by atoms with E-state index in [9.17, 15) is 0 Å². The fraction of sp³-hybridized carbons (Fsp3) is 0.765. The lowest BCUT2D eigenvalue weighted by atomic mass is 10.0. The number of rotatable bonds is 9. The number of ether oxygens (including phenoxy) is 1. The average Bonchev–Trinajstić information content (AvgIpc) is 2.48. The first-order valence-electron chi connectivity index (χ1n) is 8.20. The summed E-state index contributed by atoms with van der Waals surface area (Å²) in [6.45, 7) is 12.7. The standard InChI is InChI=1S/C17H31N3O/c1-7-14-13(10-11-18-9-3)15(8-2)20-17(19-14)16(21-6)12(4)5/h12,16,18H,7-11H2,1-6H3. The molecule has 0 aliphatic heterocycles. The van der Waals surface area contributed by atoms with Crippen LogP contribution in [0.4, 0.5) is 0 Å². The second-order valence-corrected chi connectivity index (χ2v) is 5.66. The van der Waals surface area contributed by atoms with Gasteiger partial charge < -0.3 is 10.1 Å². The highest BCUT2D eigenvalue weighted by Crippen LogP contribution is 2.24. The Kier molecular flexibility index (Phi) is 7.83. The predicted octanol–water partition coefficient (Wildman–Crippen LogP) is 3.10. The molecule has 0 aliphatic rings. The van der Waals surface area contributed by atoms with Crippen LogP contribution in [-0.4, -0.2) is 30.2 Å². The number of nitrogens with one attached hydrogen (secondary N) is 1. The van der Waals surface area contributed by atoms with Crippen molar-refractivity contribution in [3.05, 3.63) is 22.8 Å². The molecule has 1 aromatic heterocycles. The summed E-state index contributed by atoms with van der Waals surface area (Å²) in [4.78, 5) is 9.61. The van der Waals surface area contributed by atoms with Gasteiger partial charge in [-0.15, -0.1) is 0 Å². The first kappa shape index (κ1) is 18.1. The molecule has 21 heavy (non-hydrogen) atoms. The Morgan fingerprint density at radius 1 is 1.05 bits per heavy atom. The number of aryl methyl sites for hydroxylation is 2. The van der Waals surface area contributed by atoms with Crippen LogP contribution in [0.3, 0.4) is 0 Å². The van der Waals surface area contributed by atoms with Crippen molar-refractivity contribution in [2.24, 2.45) is 5.92 Å². The molecule has 120 valence electrons. The Labute approximate surface area is 129 Å². The molecule has 1 rings (SSSR count). The van der Waals surface area contributed by atoms with E-state index in [1.54, 1.807) is 7.11 Å². The lowest BCUT2D eigenvalue weighted by Crippen LogP contribution is -2.21. The van der Waals surface area contributed by atoms with Gasteiger partial charge in [-0.3, -0.25) is 0 Å². The van der Waals surface area contributed by atoms with Gasteiger partial charge in [-0.1, -0.05) is 34.6 Å². The summed E-state index contributed by atoms with van der Waals surface area (Å²) in [6, 6.07) is 0. The van der Waals surface area contributed by atoms with Crippen LogP contribution in [0.15, 0.2) is 0 Å². The fourth-order valence-electron chi connectivity index (χ4n) is 2.67. The highest BCUT2D eigenvalue weighted by molar-refractivity contribution is 5.27. The summed E-state index contributed by atoms with van der Waals surface area (Å²) in [5.74, 6) is 1.21. The molecule has 1 N–H and O–H groups in total. The van der Waals surface area contributed by atoms with E-state index in [-0.39, 0.29) is 6.10 Å². The Balaban J connectivity index is 3.16. The van der Waals surface area contributed by atoms with Crippen molar-refractivity contribution in [3.63, 3.8) is 0 Å². The van der Waals surface area contributed by atoms with E-state index in [1.165, 1.54) is 17.0 Å². The van der Waals surface area contributed by atoms with Crippen LogP contribution in [0.5, 0.6) is 0 Å². The maximum absolute atomic E-state index is 5.60. The Bertz CT molecular complexity index is 407. The number of methoxy groups -OCH3 is 1. The van der Waals surface area contributed by atoms with Gasteiger partial charge in [0.1, 0.15) is 6.10 Å². The van der Waals surface area contributed by atoms with Crippen molar-refractivity contribution in [3.8, 4) is 0 Å². The lowest BCUT2D eigenvalue weighted by Gasteiger charge is -2.21. The number of hydrogen-bond acceptors (Lipinski definition) is 4. The lowest BCUT2D eigenvalue weighted by molar-refractivity contribution is 0.0570. The zero-order valence-corrected chi connectivity index (χ0v) is 14.5. The Morgan fingerprint density at radius 3 is 2.00 bits per heavy atom. The van der Waals surface area contributed by atoms with Gasteiger partial charge in [0.05, 0.1) is 0 Å². The van der Waals surface area contributed by atoms with Crippen LogP contribution in [0.25, 0.3) is 0 Å². The highest BCUT2D eigenvalue weighted by atomic mass is 16.5. The fourth-order valence-corrected chi connectivity index (χ4v) is 2.67. The van der Waals surface area contributed by atoms with Crippen LogP contribution >= 0.6 is 0 Å². The third kappa shape index (κ3) is 4.75. The van der Waals surface area contributed by atoms with Crippen molar-refractivity contribution in [2.75, 3.05) is 20.2 Å². The van der Waals surface area contributed by atoms with Crippen molar-refractivity contribution >= 4 is 0 Å².